The van der Waals surface area contributed by atoms with Crippen molar-refractivity contribution < 1.29 is 4.74 Å². The molecule has 0 aliphatic heterocycles. The van der Waals surface area contributed by atoms with Crippen molar-refractivity contribution in [2.45, 2.75) is 26.9 Å². The van der Waals surface area contributed by atoms with Crippen LogP contribution in [-0.2, 0) is 0 Å². The maximum absolute atomic E-state index is 5.70. The molecule has 0 fully saturated rings. The highest BCUT2D eigenvalue weighted by Gasteiger charge is 1.99. The van der Waals surface area contributed by atoms with Gasteiger partial charge >= 0.3 is 0 Å². The summed E-state index contributed by atoms with van der Waals surface area (Å²) in [6.45, 7) is 5.87. The second-order valence-corrected chi connectivity index (χ2v) is 4.57. The minimum Gasteiger partial charge on any atom is -0.491 e. The van der Waals surface area contributed by atoms with Crippen LogP contribution in [-0.4, -0.2) is 22.0 Å². The molecular weight excluding hydrogens is 240 g/mol. The molecule has 0 saturated heterocycles. The smallest absolute Gasteiger partial charge is 0.221 e. The lowest BCUT2D eigenvalue weighted by Gasteiger charge is -2.09. The van der Waals surface area contributed by atoms with Crippen molar-refractivity contribution >= 4 is 12.2 Å². The molecule has 0 atom stereocenters. The van der Waals surface area contributed by atoms with Crippen molar-refractivity contribution in [3.8, 4) is 5.75 Å². The Hall–Kier alpha value is -2.30. The average Bonchev–Trinajstić information content (AvgIpc) is 2.66. The molecule has 0 bridgehead atoms. The van der Waals surface area contributed by atoms with E-state index in [-0.39, 0.29) is 6.10 Å². The molecule has 1 aromatic carbocycles. The Bertz CT molecular complexity index is 570. The van der Waals surface area contributed by atoms with Crippen LogP contribution in [0.5, 0.6) is 5.75 Å². The van der Waals surface area contributed by atoms with Gasteiger partial charge in [-0.3, -0.25) is 0 Å². The summed E-state index contributed by atoms with van der Waals surface area (Å²) in [6, 6.07) is 7.73. The van der Waals surface area contributed by atoms with E-state index >= 15 is 0 Å². The van der Waals surface area contributed by atoms with E-state index in [0.717, 1.165) is 17.0 Å². The first-order valence-electron chi connectivity index (χ1n) is 6.17. The summed E-state index contributed by atoms with van der Waals surface area (Å²) in [4.78, 5) is 4.08. The average molecular weight is 258 g/mol. The molecule has 0 aliphatic rings. The molecule has 0 spiro atoms. The molecule has 5 nitrogen and oxygen atoms in total. The summed E-state index contributed by atoms with van der Waals surface area (Å²) in [5, 5.41) is 4.25. The second kappa shape index (κ2) is 5.56. The van der Waals surface area contributed by atoms with Crippen LogP contribution in [0.3, 0.4) is 0 Å². The Morgan fingerprint density at radius 3 is 2.53 bits per heavy atom. The number of ether oxygens (including phenoxy) is 1. The first kappa shape index (κ1) is 13.1. The zero-order valence-corrected chi connectivity index (χ0v) is 11.4. The summed E-state index contributed by atoms with van der Waals surface area (Å²) in [6.07, 6.45) is 3.69. The maximum atomic E-state index is 5.70. The third-order valence-corrected chi connectivity index (χ3v) is 2.42. The fourth-order valence-corrected chi connectivity index (χ4v) is 1.63. The van der Waals surface area contributed by atoms with Gasteiger partial charge in [0.15, 0.2) is 0 Å². The van der Waals surface area contributed by atoms with Crippen LogP contribution in [0, 0.1) is 6.92 Å². The molecule has 5 heteroatoms. The Balaban J connectivity index is 2.09. The normalized spacial score (nSPS) is 11.4. The van der Waals surface area contributed by atoms with Crippen LogP contribution in [0.4, 0.5) is 5.95 Å². The maximum Gasteiger partial charge on any atom is 0.221 e. The molecule has 100 valence electrons. The topological polar surface area (TPSA) is 65.4 Å². The first-order chi connectivity index (χ1) is 9.04. The van der Waals surface area contributed by atoms with E-state index in [0.29, 0.717) is 5.95 Å². The quantitative estimate of drug-likeness (QED) is 0.857. The van der Waals surface area contributed by atoms with Gasteiger partial charge in [0.1, 0.15) is 5.75 Å². The summed E-state index contributed by atoms with van der Waals surface area (Å²) >= 11 is 0. The van der Waals surface area contributed by atoms with Crippen molar-refractivity contribution in [3.05, 3.63) is 41.7 Å². The molecule has 0 aliphatic carbocycles. The minimum absolute atomic E-state index is 0.174. The molecule has 0 saturated carbocycles. The van der Waals surface area contributed by atoms with Crippen molar-refractivity contribution in [1.29, 1.82) is 0 Å². The molecule has 2 N–H and O–H groups in total. The van der Waals surface area contributed by atoms with E-state index in [1.165, 1.54) is 0 Å². The van der Waals surface area contributed by atoms with E-state index < -0.39 is 0 Å². The van der Waals surface area contributed by atoms with E-state index in [1.807, 2.05) is 45.0 Å². The number of benzene rings is 1. The molecule has 0 unspecified atom stereocenters. The summed E-state index contributed by atoms with van der Waals surface area (Å²) in [7, 11) is 0. The van der Waals surface area contributed by atoms with Crippen LogP contribution < -0.4 is 10.5 Å². The molecular formula is C14H18N4O. The largest absolute Gasteiger partial charge is 0.491 e. The van der Waals surface area contributed by atoms with E-state index in [1.54, 1.807) is 17.1 Å². The summed E-state index contributed by atoms with van der Waals surface area (Å²) < 4.78 is 7.12. The number of aromatic nitrogens is 2. The number of aryl methyl sites for hydroxylation is 1. The number of imidazole rings is 1. The zero-order chi connectivity index (χ0) is 13.8. The molecule has 0 amide bonds. The predicted molar refractivity (Wildman–Crippen MR) is 76.6 cm³/mol. The number of nitrogen functional groups attached to an aromatic ring is 1. The Morgan fingerprint density at radius 1 is 1.32 bits per heavy atom. The lowest BCUT2D eigenvalue weighted by molar-refractivity contribution is 0.242. The van der Waals surface area contributed by atoms with Gasteiger partial charge < -0.3 is 10.5 Å². The zero-order valence-electron chi connectivity index (χ0n) is 11.4. The van der Waals surface area contributed by atoms with Crippen LogP contribution in [0.15, 0.2) is 35.6 Å². The van der Waals surface area contributed by atoms with Crippen LogP contribution in [0.25, 0.3) is 0 Å². The van der Waals surface area contributed by atoms with Crippen LogP contribution in [0.1, 0.15) is 25.1 Å². The van der Waals surface area contributed by atoms with Gasteiger partial charge in [-0.15, -0.1) is 0 Å². The van der Waals surface area contributed by atoms with Gasteiger partial charge in [-0.1, -0.05) is 0 Å². The van der Waals surface area contributed by atoms with Crippen LogP contribution in [0.2, 0.25) is 0 Å². The fraction of sp³-hybridized carbons (Fsp3) is 0.286. The number of hydrogen-bond donors (Lipinski definition) is 1. The Morgan fingerprint density at radius 2 is 2.00 bits per heavy atom. The molecule has 2 aromatic rings. The van der Waals surface area contributed by atoms with Crippen molar-refractivity contribution in [1.82, 2.24) is 9.66 Å². The first-order valence-corrected chi connectivity index (χ1v) is 6.17. The Labute approximate surface area is 112 Å². The van der Waals surface area contributed by atoms with Crippen molar-refractivity contribution in [2.75, 3.05) is 5.73 Å². The van der Waals surface area contributed by atoms with Gasteiger partial charge in [0.25, 0.3) is 0 Å². The fourth-order valence-electron chi connectivity index (χ4n) is 1.63. The molecule has 2 rings (SSSR count). The SMILES string of the molecule is Cc1cn(N=Cc2ccc(OC(C)C)cc2)c(N)n1. The molecule has 1 aromatic heterocycles. The Kier molecular flexibility index (Phi) is 3.85. The van der Waals surface area contributed by atoms with E-state index in [2.05, 4.69) is 10.1 Å². The highest BCUT2D eigenvalue weighted by Crippen LogP contribution is 2.13. The lowest BCUT2D eigenvalue weighted by Crippen LogP contribution is -2.05. The molecule has 0 radical (unpaired) electrons. The monoisotopic (exact) mass is 258 g/mol. The molecule has 19 heavy (non-hydrogen) atoms. The number of hydrogen-bond acceptors (Lipinski definition) is 4. The summed E-state index contributed by atoms with van der Waals surface area (Å²) in [5.74, 6) is 1.23. The standard InChI is InChI=1S/C14H18N4O/c1-10(2)19-13-6-4-12(5-7-13)8-16-18-9-11(3)17-14(18)15/h4-10H,1-3H3,(H2,15,17). The highest BCUT2D eigenvalue weighted by atomic mass is 16.5. The number of nitrogens with two attached hydrogens (primary N) is 1. The molecule has 1 heterocycles. The lowest BCUT2D eigenvalue weighted by atomic mass is 10.2. The van der Waals surface area contributed by atoms with Gasteiger partial charge in [0.05, 0.1) is 24.2 Å². The van der Waals surface area contributed by atoms with Crippen LogP contribution >= 0.6 is 0 Å². The summed E-state index contributed by atoms with van der Waals surface area (Å²) in [5.41, 5.74) is 7.52. The van der Waals surface area contributed by atoms with Gasteiger partial charge in [0, 0.05) is 0 Å². The minimum atomic E-state index is 0.174. The highest BCUT2D eigenvalue weighted by molar-refractivity contribution is 5.79. The van der Waals surface area contributed by atoms with E-state index in [4.69, 9.17) is 10.5 Å². The third kappa shape index (κ3) is 3.58. The third-order valence-electron chi connectivity index (χ3n) is 2.42. The second-order valence-electron chi connectivity index (χ2n) is 4.57. The van der Waals surface area contributed by atoms with Crippen molar-refractivity contribution in [3.63, 3.8) is 0 Å². The van der Waals surface area contributed by atoms with Crippen molar-refractivity contribution in [2.24, 2.45) is 5.10 Å². The number of nitrogens with zero attached hydrogens (tertiary/aromatic N) is 3. The predicted octanol–water partition coefficient (Wildman–Crippen LogP) is 2.44. The van der Waals surface area contributed by atoms with E-state index in [9.17, 15) is 0 Å². The van der Waals surface area contributed by atoms with Gasteiger partial charge in [-0.25, -0.2) is 9.66 Å². The number of anilines is 1. The van der Waals surface area contributed by atoms with Gasteiger partial charge in [-0.2, -0.15) is 5.10 Å². The number of rotatable bonds is 4. The van der Waals surface area contributed by atoms with Gasteiger partial charge in [0.2, 0.25) is 5.95 Å². The van der Waals surface area contributed by atoms with Gasteiger partial charge in [-0.05, 0) is 50.6 Å².